The van der Waals surface area contributed by atoms with Crippen molar-refractivity contribution in [3.05, 3.63) is 45.6 Å². The van der Waals surface area contributed by atoms with Crippen molar-refractivity contribution in [3.63, 3.8) is 0 Å². The lowest BCUT2D eigenvalue weighted by atomic mass is 9.97. The quantitative estimate of drug-likeness (QED) is 0.568. The van der Waals surface area contributed by atoms with Gasteiger partial charge >= 0.3 is 11.9 Å². The fourth-order valence-electron chi connectivity index (χ4n) is 3.42. The van der Waals surface area contributed by atoms with Crippen LogP contribution in [0.4, 0.5) is 15.1 Å². The summed E-state index contributed by atoms with van der Waals surface area (Å²) < 4.78 is 23.3. The van der Waals surface area contributed by atoms with Crippen LogP contribution in [0.5, 0.6) is 0 Å². The normalized spacial score (nSPS) is 15.5. The number of nitrogens with zero attached hydrogens (tertiary/aromatic N) is 1. The number of nitrogens with one attached hydrogen (secondary N) is 1. The van der Waals surface area contributed by atoms with Crippen LogP contribution in [0.1, 0.15) is 44.5 Å². The number of hydrogen-bond donors (Lipinski definition) is 1. The van der Waals surface area contributed by atoms with Crippen molar-refractivity contribution in [1.29, 1.82) is 0 Å². The lowest BCUT2D eigenvalue weighted by molar-refractivity contribution is 0.0601. The van der Waals surface area contributed by atoms with Crippen molar-refractivity contribution < 1.29 is 23.5 Å². The third-order valence-electron chi connectivity index (χ3n) is 4.92. The topological polar surface area (TPSA) is 67.9 Å². The highest BCUT2D eigenvalue weighted by atomic mass is 32.1. The average molecular weight is 437 g/mol. The summed E-state index contributed by atoms with van der Waals surface area (Å²) in [5.74, 6) is -1.40. The first-order valence-electron chi connectivity index (χ1n) is 8.97. The molecule has 0 radical (unpaired) electrons. The molecule has 0 amide bonds. The fraction of sp³-hybridized carbons (Fsp3) is 0.350. The molecule has 154 valence electrons. The van der Waals surface area contributed by atoms with E-state index < -0.39 is 11.9 Å². The van der Waals surface area contributed by atoms with Gasteiger partial charge in [0.2, 0.25) is 0 Å². The van der Waals surface area contributed by atoms with Crippen LogP contribution in [-0.2, 0) is 15.9 Å². The Hall–Kier alpha value is -2.52. The number of carbonyl (C=O) groups is 2. The van der Waals surface area contributed by atoms with Crippen molar-refractivity contribution in [2.75, 3.05) is 24.4 Å². The Balaban J connectivity index is 1.99. The molecule has 6 nitrogen and oxygen atoms in total. The number of esters is 2. The van der Waals surface area contributed by atoms with Gasteiger partial charge in [0, 0.05) is 11.7 Å². The summed E-state index contributed by atoms with van der Waals surface area (Å²) in [6.07, 6.45) is 1.56. The summed E-state index contributed by atoms with van der Waals surface area (Å²) in [4.78, 5) is 26.6. The van der Waals surface area contributed by atoms with Crippen LogP contribution >= 0.6 is 23.6 Å². The Morgan fingerprint density at radius 2 is 1.97 bits per heavy atom. The molecule has 3 rings (SSSR count). The first-order chi connectivity index (χ1) is 13.8. The van der Waals surface area contributed by atoms with Crippen LogP contribution in [-0.4, -0.2) is 37.3 Å². The molecule has 2 heterocycles. The van der Waals surface area contributed by atoms with Gasteiger partial charge in [0.05, 0.1) is 19.8 Å². The molecule has 2 aromatic rings. The summed E-state index contributed by atoms with van der Waals surface area (Å²) in [7, 11) is 2.55. The van der Waals surface area contributed by atoms with E-state index in [4.69, 9.17) is 21.7 Å². The van der Waals surface area contributed by atoms with Gasteiger partial charge in [0.25, 0.3) is 0 Å². The van der Waals surface area contributed by atoms with E-state index in [9.17, 15) is 14.0 Å². The lowest BCUT2D eigenvalue weighted by Gasteiger charge is -2.37. The van der Waals surface area contributed by atoms with Gasteiger partial charge in [-0.3, -0.25) is 0 Å². The predicted octanol–water partition coefficient (Wildman–Crippen LogP) is 4.31. The second-order valence-electron chi connectivity index (χ2n) is 6.70. The average Bonchev–Trinajstić information content (AvgIpc) is 3.02. The highest BCUT2D eigenvalue weighted by Crippen LogP contribution is 2.36. The van der Waals surface area contributed by atoms with Crippen LogP contribution in [0.2, 0.25) is 0 Å². The molecule has 1 N–H and O–H groups in total. The molecular formula is C20H21FN2O4S2. The Morgan fingerprint density at radius 3 is 2.62 bits per heavy atom. The summed E-state index contributed by atoms with van der Waals surface area (Å²) in [6, 6.07) is 4.70. The molecule has 9 heteroatoms. The van der Waals surface area contributed by atoms with E-state index in [2.05, 4.69) is 5.32 Å². The van der Waals surface area contributed by atoms with Crippen molar-refractivity contribution in [2.24, 2.45) is 0 Å². The summed E-state index contributed by atoms with van der Waals surface area (Å²) in [6.45, 7) is 3.69. The lowest BCUT2D eigenvalue weighted by Crippen LogP contribution is -2.44. The van der Waals surface area contributed by atoms with Gasteiger partial charge in [-0.2, -0.15) is 0 Å². The monoisotopic (exact) mass is 436 g/mol. The summed E-state index contributed by atoms with van der Waals surface area (Å²) in [5, 5.41) is 3.85. The second-order valence-corrected chi connectivity index (χ2v) is 8.11. The number of ether oxygens (including phenoxy) is 2. The Kier molecular flexibility index (Phi) is 6.18. The molecule has 0 bridgehead atoms. The number of aryl methyl sites for hydroxylation is 1. The van der Waals surface area contributed by atoms with Gasteiger partial charge in [-0.05, 0) is 68.2 Å². The number of methoxy groups -OCH3 is 2. The molecule has 1 aromatic heterocycles. The maximum absolute atomic E-state index is 13.6. The zero-order valence-corrected chi connectivity index (χ0v) is 18.1. The summed E-state index contributed by atoms with van der Waals surface area (Å²) >= 11 is 6.71. The molecule has 1 aliphatic rings. The van der Waals surface area contributed by atoms with Crippen LogP contribution in [0, 0.1) is 12.7 Å². The number of benzene rings is 1. The maximum atomic E-state index is 13.6. The molecule has 0 saturated heterocycles. The summed E-state index contributed by atoms with van der Waals surface area (Å²) in [5.41, 5.74) is 2.40. The number of rotatable bonds is 3. The number of carbonyl (C=O) groups excluding carboxylic acids is 2. The molecule has 1 aromatic carbocycles. The predicted molar refractivity (Wildman–Crippen MR) is 115 cm³/mol. The molecule has 1 aliphatic heterocycles. The Labute approximate surface area is 177 Å². The van der Waals surface area contributed by atoms with Gasteiger partial charge in [-0.15, -0.1) is 11.3 Å². The molecular weight excluding hydrogens is 415 g/mol. The highest BCUT2D eigenvalue weighted by molar-refractivity contribution is 7.80. The third kappa shape index (κ3) is 3.97. The van der Waals surface area contributed by atoms with Crippen molar-refractivity contribution in [2.45, 2.75) is 32.7 Å². The number of thiocarbonyl (C=S) groups is 1. The van der Waals surface area contributed by atoms with Crippen LogP contribution < -0.4 is 10.2 Å². The van der Waals surface area contributed by atoms with Crippen molar-refractivity contribution in [3.8, 4) is 0 Å². The third-order valence-corrected chi connectivity index (χ3v) is 6.41. The molecule has 0 fully saturated rings. The number of hydrogen-bond acceptors (Lipinski definition) is 6. The highest BCUT2D eigenvalue weighted by Gasteiger charge is 2.30. The standard InChI is InChI=1S/C20H21FN2O4S2/c1-10-5-6-12-9-13(21)7-8-14(12)23(10)20(28)22-17-15(18(24)26-3)11(2)16(29-17)19(25)27-4/h7-10H,5-6H2,1-4H3,(H,22,28). The van der Waals surface area contributed by atoms with E-state index in [0.29, 0.717) is 20.6 Å². The SMILES string of the molecule is COC(=O)c1sc(NC(=S)N2c3ccc(F)cc3CCC2C)c(C(=O)OC)c1C. The number of anilines is 2. The molecule has 1 atom stereocenters. The molecule has 0 aliphatic carbocycles. The Morgan fingerprint density at radius 1 is 1.28 bits per heavy atom. The van der Waals surface area contributed by atoms with Crippen molar-refractivity contribution >= 4 is 51.3 Å². The maximum Gasteiger partial charge on any atom is 0.348 e. The van der Waals surface area contributed by atoms with E-state index in [1.165, 1.54) is 26.4 Å². The largest absolute Gasteiger partial charge is 0.465 e. The Bertz CT molecular complexity index is 989. The second kappa shape index (κ2) is 8.46. The van der Waals surface area contributed by atoms with Crippen LogP contribution in [0.15, 0.2) is 18.2 Å². The zero-order valence-electron chi connectivity index (χ0n) is 16.5. The minimum absolute atomic E-state index is 0.0793. The van der Waals surface area contributed by atoms with E-state index >= 15 is 0 Å². The van der Waals surface area contributed by atoms with Gasteiger partial charge in [0.1, 0.15) is 15.7 Å². The minimum Gasteiger partial charge on any atom is -0.465 e. The first kappa shape index (κ1) is 21.2. The van der Waals surface area contributed by atoms with E-state index in [0.717, 1.165) is 35.4 Å². The number of fused-ring (bicyclic) bond motifs is 1. The molecule has 29 heavy (non-hydrogen) atoms. The van der Waals surface area contributed by atoms with E-state index in [-0.39, 0.29) is 17.4 Å². The fourth-order valence-corrected chi connectivity index (χ4v) is 4.98. The van der Waals surface area contributed by atoms with Crippen LogP contribution in [0.25, 0.3) is 0 Å². The number of thiophene rings is 1. The van der Waals surface area contributed by atoms with Gasteiger partial charge in [-0.25, -0.2) is 14.0 Å². The zero-order chi connectivity index (χ0) is 21.3. The van der Waals surface area contributed by atoms with Gasteiger partial charge in [0.15, 0.2) is 5.11 Å². The van der Waals surface area contributed by atoms with Gasteiger partial charge in [-0.1, -0.05) is 0 Å². The molecule has 1 unspecified atom stereocenters. The smallest absolute Gasteiger partial charge is 0.348 e. The van der Waals surface area contributed by atoms with Crippen molar-refractivity contribution in [1.82, 2.24) is 0 Å². The van der Waals surface area contributed by atoms with E-state index in [1.807, 2.05) is 11.8 Å². The first-order valence-corrected chi connectivity index (χ1v) is 10.2. The van der Waals surface area contributed by atoms with Gasteiger partial charge < -0.3 is 19.7 Å². The van der Waals surface area contributed by atoms with E-state index in [1.54, 1.807) is 13.0 Å². The number of halogens is 1. The minimum atomic E-state index is -0.576. The molecule has 0 saturated carbocycles. The molecule has 0 spiro atoms. The van der Waals surface area contributed by atoms with Crippen LogP contribution in [0.3, 0.4) is 0 Å².